The molecule has 9 heteroatoms. The molecule has 0 fully saturated rings. The van der Waals surface area contributed by atoms with Crippen LogP contribution in [0.1, 0.15) is 47.1 Å². The van der Waals surface area contributed by atoms with E-state index in [0.717, 1.165) is 0 Å². The molecule has 0 saturated carbocycles. The first kappa shape index (κ1) is 27.6. The summed E-state index contributed by atoms with van der Waals surface area (Å²) in [6.45, 7) is 13.8. The molecule has 0 spiro atoms. The highest BCUT2D eigenvalue weighted by atomic mass is 28.3. The Morgan fingerprint density at radius 3 is 2.09 bits per heavy atom. The summed E-state index contributed by atoms with van der Waals surface area (Å²) in [4.78, 5) is 21.3. The van der Waals surface area contributed by atoms with E-state index < -0.39 is 19.0 Å². The Bertz CT molecular complexity index is 806. The second-order valence-corrected chi connectivity index (χ2v) is 14.1. The minimum atomic E-state index is -1.97. The van der Waals surface area contributed by atoms with Crippen molar-refractivity contribution in [2.24, 2.45) is 0 Å². The van der Waals surface area contributed by atoms with Crippen LogP contribution in [0.2, 0.25) is 16.6 Å². The number of aliphatic carboxylic acids is 1. The highest BCUT2D eigenvalue weighted by Gasteiger charge is 2.41. The molecule has 1 aromatic rings. The van der Waals surface area contributed by atoms with Gasteiger partial charge >= 0.3 is 5.97 Å². The van der Waals surface area contributed by atoms with Crippen molar-refractivity contribution in [1.29, 1.82) is 0 Å². The van der Waals surface area contributed by atoms with Crippen molar-refractivity contribution in [3.63, 3.8) is 0 Å². The maximum Gasteiger partial charge on any atom is 0.329 e. The zero-order valence-electron chi connectivity index (χ0n) is 19.8. The van der Waals surface area contributed by atoms with Gasteiger partial charge in [-0.05, 0) is 22.7 Å². The summed E-state index contributed by atoms with van der Waals surface area (Å²) in [5.74, 6) is 2.56. The third-order valence-corrected chi connectivity index (χ3v) is 11.8. The van der Waals surface area contributed by atoms with Crippen LogP contribution in [-0.4, -0.2) is 57.1 Å². The molecule has 178 valence electrons. The van der Waals surface area contributed by atoms with Crippen LogP contribution in [0.5, 0.6) is 5.75 Å². The zero-order chi connectivity index (χ0) is 24.3. The van der Waals surface area contributed by atoms with Gasteiger partial charge in [0.1, 0.15) is 27.0 Å². The molecule has 32 heavy (non-hydrogen) atoms. The van der Waals surface area contributed by atoms with Gasteiger partial charge in [0.15, 0.2) is 0 Å². The van der Waals surface area contributed by atoms with Crippen LogP contribution in [0.25, 0.3) is 0 Å². The van der Waals surface area contributed by atoms with Gasteiger partial charge in [-0.15, -0.1) is 5.54 Å². The molecule has 1 aromatic carbocycles. The molecule has 0 aromatic heterocycles. The Labute approximate surface area is 191 Å². The molecule has 0 aliphatic carbocycles. The van der Waals surface area contributed by atoms with Gasteiger partial charge in [-0.3, -0.25) is 10.1 Å². The first-order chi connectivity index (χ1) is 15.0. The van der Waals surface area contributed by atoms with Gasteiger partial charge in [0.25, 0.3) is 5.69 Å². The summed E-state index contributed by atoms with van der Waals surface area (Å²) in [7, 11) is -1.97. The van der Waals surface area contributed by atoms with Crippen molar-refractivity contribution in [2.45, 2.75) is 58.2 Å². The molecular formula is C23H35NO7Si. The number of nitrogens with zero attached hydrogens (tertiary/aromatic N) is 1. The van der Waals surface area contributed by atoms with Crippen molar-refractivity contribution < 1.29 is 29.0 Å². The van der Waals surface area contributed by atoms with Crippen molar-refractivity contribution in [3.8, 4) is 17.2 Å². The van der Waals surface area contributed by atoms with E-state index in [-0.39, 0.29) is 38.7 Å². The lowest BCUT2D eigenvalue weighted by Gasteiger charge is -2.38. The van der Waals surface area contributed by atoms with Crippen LogP contribution in [0.3, 0.4) is 0 Å². The molecule has 0 saturated heterocycles. The van der Waals surface area contributed by atoms with Crippen LogP contribution in [-0.2, 0) is 14.3 Å². The number of carboxylic acid groups (broad SMARTS) is 1. The maximum absolute atomic E-state index is 11.4. The number of ether oxygens (including phenoxy) is 3. The fraction of sp³-hybridized carbons (Fsp3) is 0.609. The quantitative estimate of drug-likeness (QED) is 0.148. The summed E-state index contributed by atoms with van der Waals surface area (Å²) in [5.41, 5.74) is 5.45. The lowest BCUT2D eigenvalue weighted by atomic mass is 10.2. The van der Waals surface area contributed by atoms with Crippen molar-refractivity contribution in [1.82, 2.24) is 0 Å². The van der Waals surface area contributed by atoms with Crippen molar-refractivity contribution in [3.05, 3.63) is 33.9 Å². The predicted molar refractivity (Wildman–Crippen MR) is 126 cm³/mol. The van der Waals surface area contributed by atoms with E-state index >= 15 is 0 Å². The summed E-state index contributed by atoms with van der Waals surface area (Å²) in [6.07, 6.45) is 0. The minimum Gasteiger partial charge on any atom is -0.491 e. The number of benzene rings is 1. The zero-order valence-corrected chi connectivity index (χ0v) is 20.8. The SMILES string of the molecule is CC(C)[Si](C#Cc1cc(OCCOCCOCC(=O)O)cc([N+](=O)[O-])c1)(C(C)C)C(C)C. The van der Waals surface area contributed by atoms with Crippen LogP contribution < -0.4 is 4.74 Å². The number of carboxylic acids is 1. The van der Waals surface area contributed by atoms with Crippen molar-refractivity contribution in [2.75, 3.05) is 33.0 Å². The van der Waals surface area contributed by atoms with Crippen LogP contribution in [0.15, 0.2) is 18.2 Å². The molecule has 0 radical (unpaired) electrons. The van der Waals surface area contributed by atoms with Gasteiger partial charge < -0.3 is 19.3 Å². The fourth-order valence-electron chi connectivity index (χ4n) is 4.06. The monoisotopic (exact) mass is 465 g/mol. The van der Waals surface area contributed by atoms with Crippen LogP contribution in [0.4, 0.5) is 5.69 Å². The second kappa shape index (κ2) is 13.2. The smallest absolute Gasteiger partial charge is 0.329 e. The van der Waals surface area contributed by atoms with E-state index in [9.17, 15) is 14.9 Å². The first-order valence-corrected chi connectivity index (χ1v) is 13.1. The van der Waals surface area contributed by atoms with Crippen LogP contribution >= 0.6 is 0 Å². The van der Waals surface area contributed by atoms with Gasteiger partial charge in [0.05, 0.1) is 30.8 Å². The van der Waals surface area contributed by atoms with E-state index in [1.165, 1.54) is 12.1 Å². The average molecular weight is 466 g/mol. The Balaban J connectivity index is 2.90. The highest BCUT2D eigenvalue weighted by Crippen LogP contribution is 2.40. The Morgan fingerprint density at radius 2 is 1.56 bits per heavy atom. The van der Waals surface area contributed by atoms with E-state index in [1.807, 2.05) is 0 Å². The predicted octanol–water partition coefficient (Wildman–Crippen LogP) is 4.66. The van der Waals surface area contributed by atoms with E-state index in [1.54, 1.807) is 6.07 Å². The van der Waals surface area contributed by atoms with E-state index in [0.29, 0.717) is 27.9 Å². The number of hydrogen-bond donors (Lipinski definition) is 1. The summed E-state index contributed by atoms with van der Waals surface area (Å²) in [6, 6.07) is 4.57. The van der Waals surface area contributed by atoms with Gasteiger partial charge in [0, 0.05) is 11.6 Å². The Kier molecular flexibility index (Phi) is 11.4. The number of nitro groups is 1. The molecule has 1 rings (SSSR count). The topological polar surface area (TPSA) is 108 Å². The van der Waals surface area contributed by atoms with Gasteiger partial charge in [-0.2, -0.15) is 0 Å². The number of rotatable bonds is 13. The lowest BCUT2D eigenvalue weighted by Crippen LogP contribution is -2.43. The third-order valence-electron chi connectivity index (χ3n) is 5.49. The normalized spacial score (nSPS) is 11.5. The average Bonchev–Trinajstić information content (AvgIpc) is 2.69. The maximum atomic E-state index is 11.4. The lowest BCUT2D eigenvalue weighted by molar-refractivity contribution is -0.385. The molecule has 0 amide bonds. The molecule has 0 aliphatic rings. The number of nitro benzene ring substituents is 1. The molecule has 8 nitrogen and oxygen atoms in total. The van der Waals surface area contributed by atoms with Crippen LogP contribution in [0, 0.1) is 21.6 Å². The Morgan fingerprint density at radius 1 is 1.00 bits per heavy atom. The molecule has 0 atom stereocenters. The summed E-state index contributed by atoms with van der Waals surface area (Å²) < 4.78 is 15.8. The fourth-order valence-corrected chi connectivity index (χ4v) is 9.28. The van der Waals surface area contributed by atoms with Gasteiger partial charge in [-0.25, -0.2) is 4.79 Å². The Hall–Kier alpha value is -2.41. The summed E-state index contributed by atoms with van der Waals surface area (Å²) >= 11 is 0. The van der Waals surface area contributed by atoms with Gasteiger partial charge in [-0.1, -0.05) is 47.5 Å². The summed E-state index contributed by atoms with van der Waals surface area (Å²) in [5, 5.41) is 19.9. The number of non-ortho nitro benzene ring substituents is 1. The number of hydrogen-bond acceptors (Lipinski definition) is 6. The highest BCUT2D eigenvalue weighted by molar-refractivity contribution is 6.90. The first-order valence-electron chi connectivity index (χ1n) is 10.8. The van der Waals surface area contributed by atoms with Gasteiger partial charge in [0.2, 0.25) is 0 Å². The van der Waals surface area contributed by atoms with E-state index in [2.05, 4.69) is 53.0 Å². The molecule has 0 unspecified atom stereocenters. The van der Waals surface area contributed by atoms with Crippen molar-refractivity contribution >= 4 is 19.7 Å². The third kappa shape index (κ3) is 8.26. The largest absolute Gasteiger partial charge is 0.491 e. The minimum absolute atomic E-state index is 0.0688. The molecule has 0 heterocycles. The molecule has 1 N–H and O–H groups in total. The second-order valence-electron chi connectivity index (χ2n) is 8.53. The molecule has 0 aliphatic heterocycles. The molecular weight excluding hydrogens is 430 g/mol. The number of carbonyl (C=O) groups is 1. The standard InChI is InChI=1S/C23H35NO7Si/c1-17(2)32(18(3)4,19(5)6)12-7-20-13-21(24(27)28)15-22(14-20)31-11-10-29-8-9-30-16-23(25)26/h13-15,17-19H,8-11,16H2,1-6H3,(H,25,26). The van der Waals surface area contributed by atoms with E-state index in [4.69, 9.17) is 19.3 Å². The molecule has 0 bridgehead atoms.